The van der Waals surface area contributed by atoms with Crippen LogP contribution in [-0.4, -0.2) is 10.2 Å². The van der Waals surface area contributed by atoms with E-state index in [4.69, 9.17) is 0 Å². The summed E-state index contributed by atoms with van der Waals surface area (Å²) in [6, 6.07) is 6.50. The number of hydrogen-bond donors (Lipinski definition) is 0. The molecule has 2 heteroatoms. The third-order valence-corrected chi connectivity index (χ3v) is 2.75. The Kier molecular flexibility index (Phi) is 2.44. The van der Waals surface area contributed by atoms with E-state index in [1.165, 1.54) is 17.4 Å². The summed E-state index contributed by atoms with van der Waals surface area (Å²) in [7, 11) is 0. The Morgan fingerprint density at radius 1 is 1.14 bits per heavy atom. The number of benzene rings is 1. The van der Waals surface area contributed by atoms with Gasteiger partial charge >= 0.3 is 0 Å². The largest absolute Gasteiger partial charge is 0.158 e. The van der Waals surface area contributed by atoms with E-state index in [1.54, 1.807) is 6.20 Å². The predicted molar refractivity (Wildman–Crippen MR) is 58.2 cm³/mol. The van der Waals surface area contributed by atoms with Gasteiger partial charge in [0.05, 0.1) is 12.4 Å². The van der Waals surface area contributed by atoms with Crippen LogP contribution >= 0.6 is 0 Å². The van der Waals surface area contributed by atoms with Gasteiger partial charge in [0.1, 0.15) is 0 Å². The minimum atomic E-state index is 0.618. The van der Waals surface area contributed by atoms with Crippen molar-refractivity contribution in [3.05, 3.63) is 36.2 Å². The summed E-state index contributed by atoms with van der Waals surface area (Å²) in [5.41, 5.74) is 1.38. The van der Waals surface area contributed by atoms with E-state index in [0.29, 0.717) is 5.92 Å². The quantitative estimate of drug-likeness (QED) is 0.720. The minimum absolute atomic E-state index is 0.618. The molecule has 0 aliphatic carbocycles. The molecule has 0 bridgehead atoms. The lowest BCUT2D eigenvalue weighted by Crippen LogP contribution is -1.91. The molecule has 14 heavy (non-hydrogen) atoms. The Morgan fingerprint density at radius 3 is 2.57 bits per heavy atom. The van der Waals surface area contributed by atoms with Gasteiger partial charge in [-0.3, -0.25) is 0 Å². The van der Waals surface area contributed by atoms with E-state index < -0.39 is 0 Å². The lowest BCUT2D eigenvalue weighted by Gasteiger charge is -2.09. The van der Waals surface area contributed by atoms with Crippen molar-refractivity contribution in [3.8, 4) is 0 Å². The summed E-state index contributed by atoms with van der Waals surface area (Å²) in [6.45, 7) is 4.45. The van der Waals surface area contributed by atoms with Gasteiger partial charge in [-0.1, -0.05) is 26.0 Å². The molecule has 1 aromatic carbocycles. The first kappa shape index (κ1) is 9.13. The van der Waals surface area contributed by atoms with E-state index in [0.717, 1.165) is 5.39 Å². The Balaban J connectivity index is 2.51. The molecule has 0 N–H and O–H groups in total. The Bertz CT molecular complexity index is 437. The third kappa shape index (κ3) is 1.60. The van der Waals surface area contributed by atoms with E-state index in [-0.39, 0.29) is 0 Å². The maximum atomic E-state index is 3.89. The third-order valence-electron chi connectivity index (χ3n) is 2.75. The van der Waals surface area contributed by atoms with Crippen molar-refractivity contribution < 1.29 is 0 Å². The van der Waals surface area contributed by atoms with Gasteiger partial charge in [0.2, 0.25) is 0 Å². The lowest BCUT2D eigenvalue weighted by atomic mass is 9.97. The van der Waals surface area contributed by atoms with Crippen LogP contribution in [0.2, 0.25) is 0 Å². The highest BCUT2D eigenvalue weighted by molar-refractivity contribution is 5.81. The van der Waals surface area contributed by atoms with Gasteiger partial charge in [-0.05, 0) is 24.0 Å². The zero-order chi connectivity index (χ0) is 9.97. The van der Waals surface area contributed by atoms with Gasteiger partial charge in [0.15, 0.2) is 0 Å². The van der Waals surface area contributed by atoms with E-state index in [1.807, 2.05) is 6.20 Å². The maximum absolute atomic E-state index is 3.89. The first-order valence-electron chi connectivity index (χ1n) is 5.01. The lowest BCUT2D eigenvalue weighted by molar-refractivity contribution is 0.734. The van der Waals surface area contributed by atoms with Gasteiger partial charge in [0.25, 0.3) is 0 Å². The summed E-state index contributed by atoms with van der Waals surface area (Å²) in [5.74, 6) is 0.618. The average molecular weight is 186 g/mol. The van der Waals surface area contributed by atoms with Crippen molar-refractivity contribution >= 4 is 10.8 Å². The summed E-state index contributed by atoms with van der Waals surface area (Å²) >= 11 is 0. The molecule has 2 rings (SSSR count). The summed E-state index contributed by atoms with van der Waals surface area (Å²) < 4.78 is 0. The highest BCUT2D eigenvalue weighted by atomic mass is 15.1. The zero-order valence-electron chi connectivity index (χ0n) is 8.57. The van der Waals surface area contributed by atoms with Crippen LogP contribution in [0.3, 0.4) is 0 Å². The second kappa shape index (κ2) is 3.74. The number of nitrogens with zero attached hydrogens (tertiary/aromatic N) is 2. The second-order valence-electron chi connectivity index (χ2n) is 3.69. The van der Waals surface area contributed by atoms with Crippen LogP contribution in [0.4, 0.5) is 0 Å². The zero-order valence-corrected chi connectivity index (χ0v) is 8.57. The molecule has 1 heterocycles. The molecule has 0 radical (unpaired) electrons. The van der Waals surface area contributed by atoms with Gasteiger partial charge in [-0.15, -0.1) is 0 Å². The molecular formula is C12H14N2. The summed E-state index contributed by atoms with van der Waals surface area (Å²) in [5, 5.41) is 10.1. The van der Waals surface area contributed by atoms with Crippen molar-refractivity contribution in [1.29, 1.82) is 0 Å². The molecule has 0 amide bonds. The fraction of sp³-hybridized carbons (Fsp3) is 0.333. The molecule has 0 fully saturated rings. The van der Waals surface area contributed by atoms with Crippen LogP contribution in [0.1, 0.15) is 31.7 Å². The van der Waals surface area contributed by atoms with Crippen molar-refractivity contribution in [2.75, 3.05) is 0 Å². The predicted octanol–water partition coefficient (Wildman–Crippen LogP) is 3.14. The summed E-state index contributed by atoms with van der Waals surface area (Å²) in [6.07, 6.45) is 4.79. The molecule has 0 saturated carbocycles. The highest BCUT2D eigenvalue weighted by Gasteiger charge is 2.03. The van der Waals surface area contributed by atoms with Crippen LogP contribution in [0, 0.1) is 0 Å². The van der Waals surface area contributed by atoms with Gasteiger partial charge in [-0.2, -0.15) is 10.2 Å². The fourth-order valence-electron chi connectivity index (χ4n) is 1.56. The topological polar surface area (TPSA) is 25.8 Å². The van der Waals surface area contributed by atoms with Crippen molar-refractivity contribution in [1.82, 2.24) is 10.2 Å². The van der Waals surface area contributed by atoms with Gasteiger partial charge < -0.3 is 0 Å². The number of fused-ring (bicyclic) bond motifs is 1. The van der Waals surface area contributed by atoms with Gasteiger partial charge in [-0.25, -0.2) is 0 Å². The van der Waals surface area contributed by atoms with Crippen molar-refractivity contribution in [2.24, 2.45) is 0 Å². The van der Waals surface area contributed by atoms with Crippen LogP contribution in [0.15, 0.2) is 30.6 Å². The average Bonchev–Trinajstić information content (AvgIpc) is 2.27. The Hall–Kier alpha value is -1.44. The molecule has 1 atom stereocenters. The molecule has 1 unspecified atom stereocenters. The maximum Gasteiger partial charge on any atom is 0.0574 e. The van der Waals surface area contributed by atoms with E-state index >= 15 is 0 Å². The Labute approximate surface area is 84.0 Å². The Morgan fingerprint density at radius 2 is 1.86 bits per heavy atom. The molecule has 0 spiro atoms. The van der Waals surface area contributed by atoms with E-state index in [9.17, 15) is 0 Å². The smallest absolute Gasteiger partial charge is 0.0574 e. The SMILES string of the molecule is CCC(C)c1ccc2cnncc2c1. The molecular weight excluding hydrogens is 172 g/mol. The van der Waals surface area contributed by atoms with Crippen LogP contribution in [0.25, 0.3) is 10.8 Å². The van der Waals surface area contributed by atoms with Crippen LogP contribution < -0.4 is 0 Å². The van der Waals surface area contributed by atoms with Crippen molar-refractivity contribution in [3.63, 3.8) is 0 Å². The number of aromatic nitrogens is 2. The number of rotatable bonds is 2. The van der Waals surface area contributed by atoms with Crippen molar-refractivity contribution in [2.45, 2.75) is 26.2 Å². The molecule has 1 aromatic heterocycles. The minimum Gasteiger partial charge on any atom is -0.158 e. The highest BCUT2D eigenvalue weighted by Crippen LogP contribution is 2.22. The molecule has 0 saturated heterocycles. The molecule has 0 aliphatic rings. The fourth-order valence-corrected chi connectivity index (χ4v) is 1.56. The summed E-state index contributed by atoms with van der Waals surface area (Å²) in [4.78, 5) is 0. The normalized spacial score (nSPS) is 13.0. The van der Waals surface area contributed by atoms with Crippen LogP contribution in [-0.2, 0) is 0 Å². The van der Waals surface area contributed by atoms with Crippen LogP contribution in [0.5, 0.6) is 0 Å². The van der Waals surface area contributed by atoms with E-state index in [2.05, 4.69) is 42.2 Å². The first-order valence-corrected chi connectivity index (χ1v) is 5.01. The molecule has 2 nitrogen and oxygen atoms in total. The molecule has 0 aliphatic heterocycles. The number of hydrogen-bond acceptors (Lipinski definition) is 2. The molecule has 72 valence electrons. The van der Waals surface area contributed by atoms with Gasteiger partial charge in [0, 0.05) is 10.8 Å². The monoisotopic (exact) mass is 186 g/mol. The second-order valence-corrected chi connectivity index (χ2v) is 3.69. The molecule has 2 aromatic rings. The first-order chi connectivity index (χ1) is 6.81. The standard InChI is InChI=1S/C12H14N2/c1-3-9(2)10-4-5-11-7-13-14-8-12(11)6-10/h4-9H,3H2,1-2H3.